The first-order chi connectivity index (χ1) is 17.9. The van der Waals surface area contributed by atoms with Gasteiger partial charge < -0.3 is 25.4 Å². The molecule has 3 aliphatic heterocycles. The smallest absolute Gasteiger partial charge is 0.244 e. The molecule has 1 spiro atoms. The van der Waals surface area contributed by atoms with E-state index in [2.05, 4.69) is 33.5 Å². The summed E-state index contributed by atoms with van der Waals surface area (Å²) in [5, 5.41) is 15.3. The Balaban J connectivity index is 1.58. The Hall–Kier alpha value is -1.78. The van der Waals surface area contributed by atoms with Gasteiger partial charge in [0.05, 0.1) is 23.2 Å². The molecule has 3 unspecified atom stereocenters. The Labute approximate surface area is 231 Å². The van der Waals surface area contributed by atoms with Gasteiger partial charge in [0.2, 0.25) is 17.7 Å². The lowest BCUT2D eigenvalue weighted by Crippen LogP contribution is -2.54. The monoisotopic (exact) mass is 595 g/mol. The number of thioether (sulfide) groups is 1. The topological polar surface area (TPSA) is 108 Å². The van der Waals surface area contributed by atoms with Gasteiger partial charge in [0, 0.05) is 35.5 Å². The van der Waals surface area contributed by atoms with Gasteiger partial charge in [-0.3, -0.25) is 14.4 Å². The summed E-state index contributed by atoms with van der Waals surface area (Å²) in [6.07, 6.45) is 4.82. The van der Waals surface area contributed by atoms with Crippen molar-refractivity contribution in [1.29, 1.82) is 0 Å². The van der Waals surface area contributed by atoms with Gasteiger partial charge in [0.25, 0.3) is 0 Å². The first-order valence-corrected chi connectivity index (χ1v) is 15.2. The van der Waals surface area contributed by atoms with Crippen LogP contribution < -0.4 is 15.4 Å². The number of alkyl halides is 1. The number of likely N-dealkylation sites (tertiary alicyclic amines) is 1. The lowest BCUT2D eigenvalue weighted by atomic mass is 9.70. The number of hydrogen-bond acceptors (Lipinski definition) is 6. The second-order valence-electron chi connectivity index (χ2n) is 10.1. The molecule has 3 amide bonds. The van der Waals surface area contributed by atoms with E-state index in [0.717, 1.165) is 25.0 Å². The number of unbranched alkanes of at least 4 members (excludes halogenated alkanes) is 3. The molecule has 3 aliphatic rings. The van der Waals surface area contributed by atoms with Crippen LogP contribution in [0.1, 0.15) is 52.4 Å². The SMILES string of the molecule is CCCCCNC(=O)C1N(CCCCO)C(=O)[C@@H]2[C@H](C(=O)Nc3ccc(OCC)cc3)[C@H]3SC12CC3Br. The fourth-order valence-electron chi connectivity index (χ4n) is 6.07. The maximum absolute atomic E-state index is 13.9. The normalized spacial score (nSPS) is 29.9. The number of rotatable bonds is 13. The van der Waals surface area contributed by atoms with Gasteiger partial charge in [-0.15, -0.1) is 11.8 Å². The summed E-state index contributed by atoms with van der Waals surface area (Å²) in [4.78, 5) is 42.9. The number of hydrogen-bond donors (Lipinski definition) is 3. The molecule has 3 saturated heterocycles. The molecule has 0 saturated carbocycles. The number of nitrogens with zero attached hydrogens (tertiary/aromatic N) is 1. The molecule has 0 aliphatic carbocycles. The molecule has 8 nitrogen and oxygen atoms in total. The van der Waals surface area contributed by atoms with Crippen LogP contribution in [-0.2, 0) is 14.4 Å². The van der Waals surface area contributed by atoms with Gasteiger partial charge in [-0.2, -0.15) is 0 Å². The molecule has 6 atom stereocenters. The van der Waals surface area contributed by atoms with E-state index in [4.69, 9.17) is 4.74 Å². The van der Waals surface area contributed by atoms with E-state index in [9.17, 15) is 19.5 Å². The highest BCUT2D eigenvalue weighted by atomic mass is 79.9. The van der Waals surface area contributed by atoms with E-state index in [1.54, 1.807) is 28.8 Å². The molecule has 0 aromatic heterocycles. The Morgan fingerprint density at radius 1 is 1.16 bits per heavy atom. The lowest BCUT2D eigenvalue weighted by molar-refractivity contribution is -0.139. The average Bonchev–Trinajstić information content (AvgIpc) is 3.47. The minimum absolute atomic E-state index is 0.0328. The number of aliphatic hydroxyl groups is 1. The highest BCUT2D eigenvalue weighted by molar-refractivity contribution is 9.09. The highest BCUT2D eigenvalue weighted by Crippen LogP contribution is 2.67. The molecular formula is C27H38BrN3O5S. The molecule has 3 fully saturated rings. The van der Waals surface area contributed by atoms with Gasteiger partial charge in [0.1, 0.15) is 11.8 Å². The molecule has 37 heavy (non-hydrogen) atoms. The number of carbonyl (C=O) groups is 3. The summed E-state index contributed by atoms with van der Waals surface area (Å²) < 4.78 is 4.84. The second-order valence-corrected chi connectivity index (χ2v) is 12.8. The maximum atomic E-state index is 13.9. The van der Waals surface area contributed by atoms with E-state index in [0.29, 0.717) is 44.6 Å². The fraction of sp³-hybridized carbons (Fsp3) is 0.667. The summed E-state index contributed by atoms with van der Waals surface area (Å²) in [5.74, 6) is -0.803. The molecule has 3 heterocycles. The maximum Gasteiger partial charge on any atom is 0.244 e. The second kappa shape index (κ2) is 12.4. The summed E-state index contributed by atoms with van der Waals surface area (Å²) in [7, 11) is 0. The van der Waals surface area contributed by atoms with Gasteiger partial charge in [-0.05, 0) is 56.9 Å². The van der Waals surface area contributed by atoms with Gasteiger partial charge in [0.15, 0.2) is 0 Å². The van der Waals surface area contributed by atoms with Crippen LogP contribution in [0, 0.1) is 11.8 Å². The molecule has 0 radical (unpaired) electrons. The van der Waals surface area contributed by atoms with Crippen molar-refractivity contribution in [2.75, 3.05) is 31.6 Å². The molecule has 1 aromatic rings. The van der Waals surface area contributed by atoms with Crippen LogP contribution in [0.4, 0.5) is 5.69 Å². The molecule has 1 aromatic carbocycles. The zero-order valence-electron chi connectivity index (χ0n) is 21.6. The van der Waals surface area contributed by atoms with Crippen LogP contribution in [0.5, 0.6) is 5.75 Å². The predicted molar refractivity (Wildman–Crippen MR) is 149 cm³/mol. The minimum Gasteiger partial charge on any atom is -0.494 e. The van der Waals surface area contributed by atoms with Crippen LogP contribution in [0.3, 0.4) is 0 Å². The van der Waals surface area contributed by atoms with Crippen LogP contribution in [0.25, 0.3) is 0 Å². The van der Waals surface area contributed by atoms with Gasteiger partial charge in [-0.25, -0.2) is 0 Å². The number of nitrogens with one attached hydrogen (secondary N) is 2. The molecule has 204 valence electrons. The Kier molecular flexibility index (Phi) is 9.45. The predicted octanol–water partition coefficient (Wildman–Crippen LogP) is 3.57. The first kappa shape index (κ1) is 28.2. The zero-order valence-corrected chi connectivity index (χ0v) is 24.0. The van der Waals surface area contributed by atoms with Crippen LogP contribution in [0.2, 0.25) is 0 Å². The number of amides is 3. The van der Waals surface area contributed by atoms with Gasteiger partial charge >= 0.3 is 0 Å². The number of fused-ring (bicyclic) bond motifs is 1. The number of halogens is 1. The average molecular weight is 597 g/mol. The van der Waals surface area contributed by atoms with Crippen LogP contribution >= 0.6 is 27.7 Å². The van der Waals surface area contributed by atoms with Crippen molar-refractivity contribution in [3.63, 3.8) is 0 Å². The largest absolute Gasteiger partial charge is 0.494 e. The summed E-state index contributed by atoms with van der Waals surface area (Å²) in [5.41, 5.74) is 0.650. The van der Waals surface area contributed by atoms with Crippen molar-refractivity contribution in [2.24, 2.45) is 11.8 Å². The number of ether oxygens (including phenoxy) is 1. The third kappa shape index (κ3) is 5.52. The fourth-order valence-corrected chi connectivity index (χ4v) is 9.69. The van der Waals surface area contributed by atoms with E-state index in [-0.39, 0.29) is 34.4 Å². The van der Waals surface area contributed by atoms with E-state index < -0.39 is 22.6 Å². The first-order valence-electron chi connectivity index (χ1n) is 13.4. The minimum atomic E-state index is -0.648. The highest BCUT2D eigenvalue weighted by Gasteiger charge is 2.75. The summed E-state index contributed by atoms with van der Waals surface area (Å²) >= 11 is 5.43. The zero-order chi connectivity index (χ0) is 26.6. The number of benzene rings is 1. The van der Waals surface area contributed by atoms with E-state index in [1.165, 1.54) is 0 Å². The van der Waals surface area contributed by atoms with Crippen molar-refractivity contribution in [3.05, 3.63) is 24.3 Å². The number of aliphatic hydroxyl groups excluding tert-OH is 1. The third-order valence-corrected chi connectivity index (χ3v) is 10.9. The Morgan fingerprint density at radius 2 is 1.92 bits per heavy atom. The Morgan fingerprint density at radius 3 is 2.59 bits per heavy atom. The van der Waals surface area contributed by atoms with Crippen molar-refractivity contribution in [3.8, 4) is 5.75 Å². The van der Waals surface area contributed by atoms with Gasteiger partial charge in [-0.1, -0.05) is 35.7 Å². The van der Waals surface area contributed by atoms with Crippen molar-refractivity contribution >= 4 is 51.1 Å². The molecule has 2 bridgehead atoms. The molecule has 4 rings (SSSR count). The van der Waals surface area contributed by atoms with Crippen molar-refractivity contribution in [1.82, 2.24) is 10.2 Å². The van der Waals surface area contributed by atoms with E-state index >= 15 is 0 Å². The molecular weight excluding hydrogens is 558 g/mol. The standard InChI is InChI=1S/C27H38BrN3O5S/c1-3-5-6-13-29-25(34)23-27-16-19(28)22(37-27)20(21(27)26(35)31(23)14-7-8-15-32)24(33)30-17-9-11-18(12-10-17)36-4-2/h9-12,19-23,32H,3-8,13-16H2,1-2H3,(H,29,34)(H,30,33)/t19?,20-,21-,22-,23?,27?/m0/s1. The van der Waals surface area contributed by atoms with Crippen molar-refractivity contribution < 1.29 is 24.2 Å². The molecule has 3 N–H and O–H groups in total. The quantitative estimate of drug-likeness (QED) is 0.238. The van der Waals surface area contributed by atoms with Crippen LogP contribution in [-0.4, -0.2) is 74.9 Å². The van der Waals surface area contributed by atoms with Crippen LogP contribution in [0.15, 0.2) is 24.3 Å². The van der Waals surface area contributed by atoms with E-state index in [1.807, 2.05) is 19.1 Å². The Bertz CT molecular complexity index is 979. The summed E-state index contributed by atoms with van der Waals surface area (Å²) in [6.45, 7) is 5.61. The summed E-state index contributed by atoms with van der Waals surface area (Å²) in [6, 6.07) is 6.60. The molecule has 10 heteroatoms. The third-order valence-electron chi connectivity index (χ3n) is 7.66. The number of anilines is 1. The van der Waals surface area contributed by atoms with Crippen molar-refractivity contribution in [2.45, 2.75) is 73.2 Å². The number of carbonyl (C=O) groups excluding carboxylic acids is 3. The lowest BCUT2D eigenvalue weighted by Gasteiger charge is -2.35.